The van der Waals surface area contributed by atoms with Crippen molar-refractivity contribution in [2.45, 2.75) is 6.92 Å². The fourth-order valence-corrected chi connectivity index (χ4v) is 1.66. The average Bonchev–Trinajstić information content (AvgIpc) is 2.45. The lowest BCUT2D eigenvalue weighted by Gasteiger charge is -2.06. The summed E-state index contributed by atoms with van der Waals surface area (Å²) in [5, 5.41) is 0. The van der Waals surface area contributed by atoms with E-state index in [2.05, 4.69) is 16.8 Å². The maximum absolute atomic E-state index is 5.24. The van der Waals surface area contributed by atoms with Gasteiger partial charge in [-0.2, -0.15) is 0 Å². The number of aromatic nitrogens is 1. The molecule has 1 aromatic carbocycles. The quantitative estimate of drug-likeness (QED) is 0.796. The fraction of sp³-hybridized carbons (Fsp3) is 0.188. The first kappa shape index (κ1) is 15.9. The predicted molar refractivity (Wildman–Crippen MR) is 81.7 cm³/mol. The lowest BCUT2D eigenvalue weighted by atomic mass is 10.2. The molecule has 2 aromatic rings. The number of benzene rings is 1. The van der Waals surface area contributed by atoms with Gasteiger partial charge in [-0.1, -0.05) is 12.0 Å². The van der Waals surface area contributed by atoms with Gasteiger partial charge in [-0.05, 0) is 43.2 Å². The Morgan fingerprint density at radius 1 is 0.950 bits per heavy atom. The van der Waals surface area contributed by atoms with Crippen molar-refractivity contribution in [3.63, 3.8) is 0 Å². The van der Waals surface area contributed by atoms with Gasteiger partial charge in [0.2, 0.25) is 0 Å². The molecule has 3 nitrogen and oxygen atoms in total. The second-order valence-electron chi connectivity index (χ2n) is 3.98. The van der Waals surface area contributed by atoms with Crippen molar-refractivity contribution in [2.75, 3.05) is 14.2 Å². The summed E-state index contributed by atoms with van der Waals surface area (Å²) in [6.45, 7) is 1.95. The molecule has 20 heavy (non-hydrogen) atoms. The van der Waals surface area contributed by atoms with Crippen LogP contribution in [0.5, 0.6) is 11.5 Å². The highest BCUT2D eigenvalue weighted by atomic mass is 35.5. The molecule has 0 saturated carbocycles. The zero-order chi connectivity index (χ0) is 13.7. The van der Waals surface area contributed by atoms with Crippen molar-refractivity contribution < 1.29 is 9.47 Å². The molecule has 0 bridgehead atoms. The number of aryl methyl sites for hydroxylation is 1. The molecule has 0 N–H and O–H groups in total. The highest BCUT2D eigenvalue weighted by Crippen LogP contribution is 2.27. The molecular formula is C16H16ClNO2. The van der Waals surface area contributed by atoms with Gasteiger partial charge in [0, 0.05) is 11.3 Å². The average molecular weight is 290 g/mol. The molecule has 0 radical (unpaired) electrons. The third-order valence-electron chi connectivity index (χ3n) is 2.61. The van der Waals surface area contributed by atoms with Crippen LogP contribution in [0.2, 0.25) is 0 Å². The third kappa shape index (κ3) is 3.91. The zero-order valence-electron chi connectivity index (χ0n) is 11.6. The minimum absolute atomic E-state index is 0. The van der Waals surface area contributed by atoms with E-state index in [1.54, 1.807) is 14.2 Å². The Bertz CT molecular complexity index is 644. The van der Waals surface area contributed by atoms with Crippen LogP contribution in [0.25, 0.3) is 0 Å². The topological polar surface area (TPSA) is 31.4 Å². The number of ether oxygens (including phenoxy) is 2. The summed E-state index contributed by atoms with van der Waals surface area (Å²) in [5.74, 6) is 7.47. The van der Waals surface area contributed by atoms with Crippen molar-refractivity contribution in [1.82, 2.24) is 4.98 Å². The lowest BCUT2D eigenvalue weighted by Crippen LogP contribution is -1.91. The van der Waals surface area contributed by atoms with Gasteiger partial charge < -0.3 is 9.47 Å². The summed E-state index contributed by atoms with van der Waals surface area (Å²) >= 11 is 0. The highest BCUT2D eigenvalue weighted by molar-refractivity contribution is 5.85. The fourth-order valence-electron chi connectivity index (χ4n) is 1.66. The smallest absolute Gasteiger partial charge is 0.161 e. The molecule has 1 heterocycles. The largest absolute Gasteiger partial charge is 0.493 e. The van der Waals surface area contributed by atoms with Gasteiger partial charge in [0.05, 0.1) is 14.2 Å². The van der Waals surface area contributed by atoms with E-state index in [0.717, 1.165) is 17.0 Å². The molecule has 0 amide bonds. The van der Waals surface area contributed by atoms with E-state index in [4.69, 9.17) is 9.47 Å². The van der Waals surface area contributed by atoms with Gasteiger partial charge in [-0.15, -0.1) is 12.4 Å². The Morgan fingerprint density at radius 2 is 1.70 bits per heavy atom. The van der Waals surface area contributed by atoms with Gasteiger partial charge in [-0.3, -0.25) is 0 Å². The number of hydrogen-bond acceptors (Lipinski definition) is 3. The molecular weight excluding hydrogens is 274 g/mol. The first-order chi connectivity index (χ1) is 9.22. The summed E-state index contributed by atoms with van der Waals surface area (Å²) in [6.07, 6.45) is 0. The van der Waals surface area contributed by atoms with Gasteiger partial charge >= 0.3 is 0 Å². The third-order valence-corrected chi connectivity index (χ3v) is 2.61. The molecule has 4 heteroatoms. The van der Waals surface area contributed by atoms with Crippen LogP contribution in [0.3, 0.4) is 0 Å². The summed E-state index contributed by atoms with van der Waals surface area (Å²) in [5.41, 5.74) is 2.58. The maximum atomic E-state index is 5.24. The van der Waals surface area contributed by atoms with Crippen molar-refractivity contribution >= 4 is 12.4 Å². The van der Waals surface area contributed by atoms with Crippen molar-refractivity contribution in [2.24, 2.45) is 0 Å². The number of nitrogens with zero attached hydrogens (tertiary/aromatic N) is 1. The second kappa shape index (κ2) is 7.42. The standard InChI is InChI=1S/C16H15NO2.ClH/c1-12-5-4-6-14(17-12)9-7-13-8-10-15(18-2)16(11-13)19-3;/h4-6,8,10-11H,1-3H3;1H. The normalized spacial score (nSPS) is 8.95. The minimum Gasteiger partial charge on any atom is -0.493 e. The summed E-state index contributed by atoms with van der Waals surface area (Å²) in [7, 11) is 3.22. The van der Waals surface area contributed by atoms with Crippen LogP contribution in [0.4, 0.5) is 0 Å². The predicted octanol–water partition coefficient (Wildman–Crippen LogP) is 3.23. The highest BCUT2D eigenvalue weighted by Gasteiger charge is 2.02. The molecule has 1 aromatic heterocycles. The minimum atomic E-state index is 0. The second-order valence-corrected chi connectivity index (χ2v) is 3.98. The van der Waals surface area contributed by atoms with E-state index in [-0.39, 0.29) is 12.4 Å². The molecule has 2 rings (SSSR count). The zero-order valence-corrected chi connectivity index (χ0v) is 12.5. The van der Waals surface area contributed by atoms with Gasteiger partial charge in [-0.25, -0.2) is 4.98 Å². The number of hydrogen-bond donors (Lipinski definition) is 0. The Kier molecular flexibility index (Phi) is 5.89. The van der Waals surface area contributed by atoms with E-state index < -0.39 is 0 Å². The Morgan fingerprint density at radius 3 is 2.35 bits per heavy atom. The monoisotopic (exact) mass is 289 g/mol. The molecule has 0 fully saturated rings. The maximum Gasteiger partial charge on any atom is 0.161 e. The molecule has 0 aliphatic rings. The van der Waals surface area contributed by atoms with E-state index in [0.29, 0.717) is 11.5 Å². The van der Waals surface area contributed by atoms with Crippen LogP contribution in [0.15, 0.2) is 36.4 Å². The number of rotatable bonds is 2. The SMILES string of the molecule is COc1ccc(C#Cc2cccc(C)n2)cc1OC.Cl. The van der Waals surface area contributed by atoms with Crippen LogP contribution >= 0.6 is 12.4 Å². The van der Waals surface area contributed by atoms with Crippen LogP contribution in [-0.2, 0) is 0 Å². The van der Waals surface area contributed by atoms with Crippen molar-refractivity contribution in [3.8, 4) is 23.3 Å². The van der Waals surface area contributed by atoms with E-state index in [9.17, 15) is 0 Å². The van der Waals surface area contributed by atoms with Crippen LogP contribution in [0.1, 0.15) is 17.0 Å². The molecule has 0 saturated heterocycles. The van der Waals surface area contributed by atoms with E-state index in [1.807, 2.05) is 43.3 Å². The van der Waals surface area contributed by atoms with Crippen LogP contribution in [0, 0.1) is 18.8 Å². The number of methoxy groups -OCH3 is 2. The summed E-state index contributed by atoms with van der Waals surface area (Å²) < 4.78 is 10.4. The van der Waals surface area contributed by atoms with Gasteiger partial charge in [0.15, 0.2) is 11.5 Å². The molecule has 0 atom stereocenters. The molecule has 0 aliphatic heterocycles. The Balaban J connectivity index is 0.00000200. The molecule has 0 aliphatic carbocycles. The summed E-state index contributed by atoms with van der Waals surface area (Å²) in [4.78, 5) is 4.34. The van der Waals surface area contributed by atoms with Crippen LogP contribution in [-0.4, -0.2) is 19.2 Å². The van der Waals surface area contributed by atoms with Gasteiger partial charge in [0.25, 0.3) is 0 Å². The number of halogens is 1. The molecule has 104 valence electrons. The summed E-state index contributed by atoms with van der Waals surface area (Å²) in [6, 6.07) is 11.4. The Labute approximate surface area is 125 Å². The van der Waals surface area contributed by atoms with Crippen LogP contribution < -0.4 is 9.47 Å². The van der Waals surface area contributed by atoms with E-state index >= 15 is 0 Å². The van der Waals surface area contributed by atoms with Crippen molar-refractivity contribution in [3.05, 3.63) is 53.3 Å². The Hall–Kier alpha value is -2.18. The first-order valence-electron chi connectivity index (χ1n) is 5.90. The molecule has 0 unspecified atom stereocenters. The first-order valence-corrected chi connectivity index (χ1v) is 5.90. The van der Waals surface area contributed by atoms with Crippen molar-refractivity contribution in [1.29, 1.82) is 0 Å². The lowest BCUT2D eigenvalue weighted by molar-refractivity contribution is 0.355. The number of pyridine rings is 1. The van der Waals surface area contributed by atoms with Gasteiger partial charge in [0.1, 0.15) is 5.69 Å². The molecule has 0 spiro atoms. The van der Waals surface area contributed by atoms with E-state index in [1.165, 1.54) is 0 Å².